The molecule has 0 bridgehead atoms. The van der Waals surface area contributed by atoms with Crippen molar-refractivity contribution in [2.24, 2.45) is 10.9 Å². The van der Waals surface area contributed by atoms with Crippen molar-refractivity contribution < 1.29 is 4.74 Å². The van der Waals surface area contributed by atoms with Crippen molar-refractivity contribution in [1.82, 2.24) is 25.4 Å². The third-order valence-corrected chi connectivity index (χ3v) is 5.28. The number of fused-ring (bicyclic) bond motifs is 1. The maximum absolute atomic E-state index is 6.07. The van der Waals surface area contributed by atoms with Gasteiger partial charge in [0.1, 0.15) is 11.6 Å². The molecule has 2 N–H and O–H groups in total. The number of nitrogens with one attached hydrogen (secondary N) is 2. The SMILES string of the molecule is CCNC(=NCc1ccc(C)cc1OCCC(C)C)NCc1nnc2n1CCCC2.I. The van der Waals surface area contributed by atoms with Gasteiger partial charge >= 0.3 is 0 Å². The monoisotopic (exact) mass is 540 g/mol. The number of aliphatic imine (C=N–C) groups is 1. The fourth-order valence-electron chi connectivity index (χ4n) is 3.50. The molecule has 8 heteroatoms. The minimum atomic E-state index is 0. The fourth-order valence-corrected chi connectivity index (χ4v) is 3.50. The first kappa shape index (κ1) is 25.4. The average Bonchev–Trinajstić information content (AvgIpc) is 3.14. The number of aryl methyl sites for hydroxylation is 2. The van der Waals surface area contributed by atoms with E-state index in [9.17, 15) is 0 Å². The van der Waals surface area contributed by atoms with E-state index in [4.69, 9.17) is 9.73 Å². The van der Waals surface area contributed by atoms with E-state index in [0.29, 0.717) is 19.0 Å². The Morgan fingerprint density at radius 2 is 2.06 bits per heavy atom. The fraction of sp³-hybridized carbons (Fsp3) is 0.609. The summed E-state index contributed by atoms with van der Waals surface area (Å²) in [6.45, 7) is 12.3. The smallest absolute Gasteiger partial charge is 0.191 e. The Labute approximate surface area is 203 Å². The van der Waals surface area contributed by atoms with Crippen molar-refractivity contribution in [1.29, 1.82) is 0 Å². The van der Waals surface area contributed by atoms with Gasteiger partial charge in [0.15, 0.2) is 11.8 Å². The molecule has 0 saturated heterocycles. The lowest BCUT2D eigenvalue weighted by Gasteiger charge is -2.16. The summed E-state index contributed by atoms with van der Waals surface area (Å²) in [5.74, 6) is 4.41. The quantitative estimate of drug-likeness (QED) is 0.283. The Kier molecular flexibility index (Phi) is 10.6. The number of nitrogens with zero attached hydrogens (tertiary/aromatic N) is 4. The molecule has 1 aliphatic rings. The van der Waals surface area contributed by atoms with Crippen molar-refractivity contribution in [3.05, 3.63) is 41.0 Å². The number of ether oxygens (including phenoxy) is 1. The van der Waals surface area contributed by atoms with E-state index in [1.54, 1.807) is 0 Å². The molecular formula is C23H37IN6O. The first-order valence-electron chi connectivity index (χ1n) is 11.2. The predicted octanol–water partition coefficient (Wildman–Crippen LogP) is 4.22. The van der Waals surface area contributed by atoms with Gasteiger partial charge in [-0.1, -0.05) is 26.0 Å². The van der Waals surface area contributed by atoms with Gasteiger partial charge in [-0.25, -0.2) is 4.99 Å². The number of rotatable bonds is 9. The number of benzene rings is 1. The van der Waals surface area contributed by atoms with Gasteiger partial charge < -0.3 is 19.9 Å². The second kappa shape index (κ2) is 12.9. The number of halogens is 1. The molecule has 3 rings (SSSR count). The van der Waals surface area contributed by atoms with Crippen LogP contribution in [0, 0.1) is 12.8 Å². The topological polar surface area (TPSA) is 76.4 Å². The van der Waals surface area contributed by atoms with Crippen LogP contribution in [0.15, 0.2) is 23.2 Å². The van der Waals surface area contributed by atoms with Crippen LogP contribution in [0.25, 0.3) is 0 Å². The highest BCUT2D eigenvalue weighted by atomic mass is 127. The molecule has 2 heterocycles. The molecule has 0 aliphatic carbocycles. The van der Waals surface area contributed by atoms with Crippen LogP contribution in [0.5, 0.6) is 5.75 Å². The van der Waals surface area contributed by atoms with Crippen molar-refractivity contribution in [3.8, 4) is 5.75 Å². The van der Waals surface area contributed by atoms with E-state index in [1.807, 2.05) is 0 Å². The van der Waals surface area contributed by atoms with Crippen molar-refractivity contribution in [2.75, 3.05) is 13.2 Å². The highest BCUT2D eigenvalue weighted by molar-refractivity contribution is 14.0. The molecule has 0 spiro atoms. The molecule has 0 amide bonds. The Bertz CT molecular complexity index is 849. The molecule has 172 valence electrons. The lowest BCUT2D eigenvalue weighted by Crippen LogP contribution is -2.37. The van der Waals surface area contributed by atoms with Crippen molar-refractivity contribution in [3.63, 3.8) is 0 Å². The molecule has 1 aromatic carbocycles. The second-order valence-electron chi connectivity index (χ2n) is 8.33. The zero-order valence-electron chi connectivity index (χ0n) is 19.3. The number of guanidine groups is 1. The van der Waals surface area contributed by atoms with Crippen LogP contribution in [0.2, 0.25) is 0 Å². The number of hydrogen-bond acceptors (Lipinski definition) is 4. The zero-order valence-corrected chi connectivity index (χ0v) is 21.6. The van der Waals surface area contributed by atoms with E-state index in [1.165, 1.54) is 18.4 Å². The Hall–Kier alpha value is -1.84. The van der Waals surface area contributed by atoms with E-state index < -0.39 is 0 Å². The van der Waals surface area contributed by atoms with Crippen LogP contribution in [-0.4, -0.2) is 33.9 Å². The Morgan fingerprint density at radius 3 is 2.84 bits per heavy atom. The maximum Gasteiger partial charge on any atom is 0.191 e. The van der Waals surface area contributed by atoms with Crippen LogP contribution in [0.1, 0.15) is 62.8 Å². The number of aromatic nitrogens is 3. The molecule has 31 heavy (non-hydrogen) atoms. The van der Waals surface area contributed by atoms with Crippen LogP contribution in [-0.2, 0) is 26.1 Å². The Balaban J connectivity index is 0.00000341. The first-order valence-corrected chi connectivity index (χ1v) is 11.2. The summed E-state index contributed by atoms with van der Waals surface area (Å²) in [4.78, 5) is 4.79. The van der Waals surface area contributed by atoms with Gasteiger partial charge in [-0.15, -0.1) is 34.2 Å². The molecule has 2 aromatic rings. The zero-order chi connectivity index (χ0) is 21.3. The summed E-state index contributed by atoms with van der Waals surface area (Å²) in [7, 11) is 0. The van der Waals surface area contributed by atoms with Gasteiger partial charge in [0.2, 0.25) is 0 Å². The highest BCUT2D eigenvalue weighted by Crippen LogP contribution is 2.22. The van der Waals surface area contributed by atoms with Gasteiger partial charge in [-0.3, -0.25) is 0 Å². The molecule has 7 nitrogen and oxygen atoms in total. The van der Waals surface area contributed by atoms with E-state index in [-0.39, 0.29) is 24.0 Å². The third kappa shape index (κ3) is 7.66. The first-order chi connectivity index (χ1) is 14.6. The summed E-state index contributed by atoms with van der Waals surface area (Å²) >= 11 is 0. The minimum Gasteiger partial charge on any atom is -0.493 e. The summed E-state index contributed by atoms with van der Waals surface area (Å²) in [6, 6.07) is 6.33. The third-order valence-electron chi connectivity index (χ3n) is 5.28. The highest BCUT2D eigenvalue weighted by Gasteiger charge is 2.15. The van der Waals surface area contributed by atoms with Crippen molar-refractivity contribution >= 4 is 29.9 Å². The standard InChI is InChI=1S/C23H36N6O.HI/c1-5-24-23(26-16-22-28-27-21-8-6-7-12-29(21)22)25-15-19-10-9-18(4)14-20(19)30-13-11-17(2)3;/h9-10,14,17H,5-8,11-13,15-16H2,1-4H3,(H2,24,25,26);1H. The van der Waals surface area contributed by atoms with Gasteiger partial charge in [0, 0.05) is 25.1 Å². The molecule has 0 fully saturated rings. The summed E-state index contributed by atoms with van der Waals surface area (Å²) in [5, 5.41) is 15.4. The summed E-state index contributed by atoms with van der Waals surface area (Å²) in [6.07, 6.45) is 4.46. The van der Waals surface area contributed by atoms with Crippen LogP contribution < -0.4 is 15.4 Å². The largest absolute Gasteiger partial charge is 0.493 e. The molecule has 0 radical (unpaired) electrons. The molecular weight excluding hydrogens is 503 g/mol. The number of hydrogen-bond donors (Lipinski definition) is 2. The second-order valence-corrected chi connectivity index (χ2v) is 8.33. The molecule has 0 saturated carbocycles. The molecule has 0 unspecified atom stereocenters. The van der Waals surface area contributed by atoms with Gasteiger partial charge in [0.05, 0.1) is 19.7 Å². The van der Waals surface area contributed by atoms with E-state index in [2.05, 4.69) is 71.3 Å². The van der Waals surface area contributed by atoms with Gasteiger partial charge in [-0.2, -0.15) is 0 Å². The van der Waals surface area contributed by atoms with Crippen LogP contribution >= 0.6 is 24.0 Å². The van der Waals surface area contributed by atoms with E-state index in [0.717, 1.165) is 61.5 Å². The van der Waals surface area contributed by atoms with Crippen molar-refractivity contribution in [2.45, 2.75) is 73.0 Å². The normalized spacial score (nSPS) is 13.5. The molecule has 0 atom stereocenters. The Morgan fingerprint density at radius 1 is 1.23 bits per heavy atom. The van der Waals surface area contributed by atoms with Crippen LogP contribution in [0.4, 0.5) is 0 Å². The molecule has 1 aromatic heterocycles. The predicted molar refractivity (Wildman–Crippen MR) is 136 cm³/mol. The van der Waals surface area contributed by atoms with Gasteiger partial charge in [-0.05, 0) is 50.7 Å². The minimum absolute atomic E-state index is 0. The maximum atomic E-state index is 6.07. The van der Waals surface area contributed by atoms with E-state index >= 15 is 0 Å². The lowest BCUT2D eigenvalue weighted by atomic mass is 10.1. The summed E-state index contributed by atoms with van der Waals surface area (Å²) < 4.78 is 8.31. The van der Waals surface area contributed by atoms with Gasteiger partial charge in [0.25, 0.3) is 0 Å². The molecule has 1 aliphatic heterocycles. The lowest BCUT2D eigenvalue weighted by molar-refractivity contribution is 0.287. The summed E-state index contributed by atoms with van der Waals surface area (Å²) in [5.41, 5.74) is 2.30. The average molecular weight is 540 g/mol. The van der Waals surface area contributed by atoms with Crippen LogP contribution in [0.3, 0.4) is 0 Å².